The molecular formula is C12H17N5. The molecule has 90 valence electrons. The van der Waals surface area contributed by atoms with Gasteiger partial charge in [0.15, 0.2) is 5.96 Å². The van der Waals surface area contributed by atoms with E-state index in [0.29, 0.717) is 5.92 Å². The molecule has 0 radical (unpaired) electrons. The first kappa shape index (κ1) is 11.4. The molecule has 2 rings (SSSR count). The molecule has 1 unspecified atom stereocenters. The first-order valence-electron chi connectivity index (χ1n) is 5.61. The Balaban J connectivity index is 2.36. The Kier molecular flexibility index (Phi) is 2.99. The molecule has 0 fully saturated rings. The maximum Gasteiger partial charge on any atom is 0.225 e. The number of para-hydroxylation sites is 1. The average Bonchev–Trinajstić information content (AvgIpc) is 2.26. The highest BCUT2D eigenvalue weighted by Crippen LogP contribution is 2.29. The van der Waals surface area contributed by atoms with Crippen LogP contribution in [0.2, 0.25) is 0 Å². The number of benzene rings is 1. The molecule has 5 N–H and O–H groups in total. The first-order valence-corrected chi connectivity index (χ1v) is 5.61. The topological polar surface area (TPSA) is 91.5 Å². The molecule has 0 amide bonds. The van der Waals surface area contributed by atoms with Crippen molar-refractivity contribution < 1.29 is 0 Å². The summed E-state index contributed by atoms with van der Waals surface area (Å²) in [5, 5.41) is 7.91. The number of hydrogen-bond acceptors (Lipinski definition) is 1. The average molecular weight is 231 g/mol. The number of nitrogens with two attached hydrogens (primary N) is 2. The van der Waals surface area contributed by atoms with Gasteiger partial charge < -0.3 is 16.4 Å². The first-order chi connectivity index (χ1) is 8.08. The summed E-state index contributed by atoms with van der Waals surface area (Å²) in [6.45, 7) is 2.93. The largest absolute Gasteiger partial charge is 0.370 e. The molecule has 1 aliphatic rings. The summed E-state index contributed by atoms with van der Waals surface area (Å²) in [4.78, 5) is 5.67. The Bertz CT molecular complexity index is 462. The van der Waals surface area contributed by atoms with Gasteiger partial charge in [-0.05, 0) is 24.0 Å². The summed E-state index contributed by atoms with van der Waals surface area (Å²) in [6.07, 6.45) is 1.03. The number of nitrogens with one attached hydrogen (secondary N) is 1. The van der Waals surface area contributed by atoms with Gasteiger partial charge in [0.05, 0.1) is 0 Å². The molecule has 0 bridgehead atoms. The second-order valence-electron chi connectivity index (χ2n) is 4.41. The van der Waals surface area contributed by atoms with Gasteiger partial charge in [-0.2, -0.15) is 4.99 Å². The van der Waals surface area contributed by atoms with Crippen LogP contribution in [-0.2, 0) is 6.42 Å². The van der Waals surface area contributed by atoms with Gasteiger partial charge in [-0.15, -0.1) is 0 Å². The van der Waals surface area contributed by atoms with E-state index in [0.717, 1.165) is 18.7 Å². The molecule has 0 spiro atoms. The molecule has 5 heteroatoms. The van der Waals surface area contributed by atoms with Crippen molar-refractivity contribution in [3.63, 3.8) is 0 Å². The zero-order valence-electron chi connectivity index (χ0n) is 9.85. The molecule has 1 aliphatic heterocycles. The minimum absolute atomic E-state index is 0.0780. The van der Waals surface area contributed by atoms with E-state index >= 15 is 0 Å². The number of anilines is 1. The van der Waals surface area contributed by atoms with Gasteiger partial charge >= 0.3 is 0 Å². The summed E-state index contributed by atoms with van der Waals surface area (Å²) in [5.41, 5.74) is 12.9. The van der Waals surface area contributed by atoms with Crippen LogP contribution < -0.4 is 16.4 Å². The van der Waals surface area contributed by atoms with Gasteiger partial charge in [0.25, 0.3) is 0 Å². The van der Waals surface area contributed by atoms with Crippen LogP contribution in [0.25, 0.3) is 0 Å². The zero-order chi connectivity index (χ0) is 12.4. The van der Waals surface area contributed by atoms with Crippen molar-refractivity contribution in [1.29, 1.82) is 5.41 Å². The fourth-order valence-electron chi connectivity index (χ4n) is 2.18. The van der Waals surface area contributed by atoms with Crippen molar-refractivity contribution >= 4 is 17.6 Å². The van der Waals surface area contributed by atoms with E-state index in [4.69, 9.17) is 16.9 Å². The van der Waals surface area contributed by atoms with Crippen LogP contribution in [0, 0.1) is 11.3 Å². The van der Waals surface area contributed by atoms with Crippen LogP contribution in [-0.4, -0.2) is 18.5 Å². The van der Waals surface area contributed by atoms with Crippen LogP contribution in [0.15, 0.2) is 29.3 Å². The van der Waals surface area contributed by atoms with Crippen molar-refractivity contribution in [1.82, 2.24) is 0 Å². The minimum atomic E-state index is -0.0780. The van der Waals surface area contributed by atoms with E-state index in [1.54, 1.807) is 0 Å². The van der Waals surface area contributed by atoms with Crippen molar-refractivity contribution in [2.75, 3.05) is 11.4 Å². The molecule has 1 atom stereocenters. The maximum absolute atomic E-state index is 7.91. The van der Waals surface area contributed by atoms with Gasteiger partial charge in [-0.1, -0.05) is 25.1 Å². The highest BCUT2D eigenvalue weighted by atomic mass is 15.3. The highest BCUT2D eigenvalue weighted by Gasteiger charge is 2.23. The summed E-state index contributed by atoms with van der Waals surface area (Å²) < 4.78 is 0. The highest BCUT2D eigenvalue weighted by molar-refractivity contribution is 6.01. The molecule has 17 heavy (non-hydrogen) atoms. The monoisotopic (exact) mass is 231 g/mol. The Morgan fingerprint density at radius 2 is 2.12 bits per heavy atom. The predicted molar refractivity (Wildman–Crippen MR) is 70.2 cm³/mol. The third kappa shape index (κ3) is 2.38. The van der Waals surface area contributed by atoms with E-state index in [1.807, 2.05) is 23.1 Å². The zero-order valence-corrected chi connectivity index (χ0v) is 9.85. The number of rotatable bonds is 0. The lowest BCUT2D eigenvalue weighted by Crippen LogP contribution is -2.39. The molecular weight excluding hydrogens is 214 g/mol. The third-order valence-electron chi connectivity index (χ3n) is 2.84. The number of hydrogen-bond donors (Lipinski definition) is 3. The van der Waals surface area contributed by atoms with Gasteiger partial charge in [-0.3, -0.25) is 5.41 Å². The number of nitrogens with zero attached hydrogens (tertiary/aromatic N) is 2. The molecule has 0 saturated heterocycles. The van der Waals surface area contributed by atoms with Crippen LogP contribution in [0.3, 0.4) is 0 Å². The lowest BCUT2D eigenvalue weighted by molar-refractivity contribution is 0.566. The lowest BCUT2D eigenvalue weighted by Gasteiger charge is -2.33. The van der Waals surface area contributed by atoms with E-state index in [9.17, 15) is 0 Å². The number of guanidine groups is 2. The van der Waals surface area contributed by atoms with Crippen molar-refractivity contribution in [3.05, 3.63) is 29.8 Å². The van der Waals surface area contributed by atoms with Crippen LogP contribution in [0.5, 0.6) is 0 Å². The molecule has 1 heterocycles. The Morgan fingerprint density at radius 3 is 2.82 bits per heavy atom. The van der Waals surface area contributed by atoms with E-state index < -0.39 is 0 Å². The third-order valence-corrected chi connectivity index (χ3v) is 2.84. The molecule has 0 aromatic heterocycles. The fraction of sp³-hybridized carbons (Fsp3) is 0.333. The second-order valence-corrected chi connectivity index (χ2v) is 4.41. The second kappa shape index (κ2) is 4.45. The van der Waals surface area contributed by atoms with E-state index in [-0.39, 0.29) is 11.9 Å². The smallest absolute Gasteiger partial charge is 0.225 e. The Morgan fingerprint density at radius 1 is 1.41 bits per heavy atom. The SMILES string of the molecule is CC1Cc2ccccc2N(C(=N)N=C(N)N)C1. The predicted octanol–water partition coefficient (Wildman–Crippen LogP) is 0.893. The van der Waals surface area contributed by atoms with Crippen LogP contribution in [0.1, 0.15) is 12.5 Å². The van der Waals surface area contributed by atoms with Crippen molar-refractivity contribution in [2.24, 2.45) is 22.4 Å². The maximum atomic E-state index is 7.91. The van der Waals surface area contributed by atoms with Crippen molar-refractivity contribution in [3.8, 4) is 0 Å². The van der Waals surface area contributed by atoms with Gasteiger partial charge in [0, 0.05) is 12.2 Å². The summed E-state index contributed by atoms with van der Waals surface area (Å²) >= 11 is 0. The number of aliphatic imine (C=N–C) groups is 1. The summed E-state index contributed by atoms with van der Waals surface area (Å²) in [6, 6.07) is 8.06. The number of fused-ring (bicyclic) bond motifs is 1. The van der Waals surface area contributed by atoms with Crippen LogP contribution >= 0.6 is 0 Å². The van der Waals surface area contributed by atoms with E-state index in [1.165, 1.54) is 5.56 Å². The molecule has 5 nitrogen and oxygen atoms in total. The van der Waals surface area contributed by atoms with Crippen LogP contribution in [0.4, 0.5) is 5.69 Å². The molecule has 1 aromatic carbocycles. The molecule has 1 aromatic rings. The Labute approximate surface area is 101 Å². The van der Waals surface area contributed by atoms with E-state index in [2.05, 4.69) is 18.0 Å². The normalized spacial score (nSPS) is 18.4. The standard InChI is InChI=1S/C12H17N5/c1-8-6-9-4-2-3-5-10(9)17(7-8)12(15)16-11(13)14/h2-5,8H,6-7H2,1H3,(H5,13,14,15,16). The quantitative estimate of drug-likeness (QED) is 0.457. The Hall–Kier alpha value is -2.04. The molecule has 0 aliphatic carbocycles. The van der Waals surface area contributed by atoms with Gasteiger partial charge in [0.2, 0.25) is 5.96 Å². The summed E-state index contributed by atoms with van der Waals surface area (Å²) in [5.74, 6) is 0.508. The van der Waals surface area contributed by atoms with Gasteiger partial charge in [0.1, 0.15) is 0 Å². The van der Waals surface area contributed by atoms with Crippen molar-refractivity contribution in [2.45, 2.75) is 13.3 Å². The minimum Gasteiger partial charge on any atom is -0.370 e. The summed E-state index contributed by atoms with van der Waals surface area (Å²) in [7, 11) is 0. The lowest BCUT2D eigenvalue weighted by atomic mass is 9.94. The molecule has 0 saturated carbocycles. The van der Waals surface area contributed by atoms with Gasteiger partial charge in [-0.25, -0.2) is 0 Å². The fourth-order valence-corrected chi connectivity index (χ4v) is 2.18.